The summed E-state index contributed by atoms with van der Waals surface area (Å²) < 4.78 is 12.0. The average Bonchev–Trinajstić information content (AvgIpc) is 3.22. The van der Waals surface area contributed by atoms with Crippen molar-refractivity contribution in [2.75, 3.05) is 0 Å². The molecule has 9 atom stereocenters. The standard InChI is InChI=1S/C37H50O8/c1-23(2)24(3)20-32(40)44-25(4)35(41)18-19-37(43)34(35,6)30(45-31(39)13-12-26-10-8-7-9-11-26)22-29-33(5)16-15-28(38)21-27(33)14-17-36(29,37)42/h7-14,20,23,25,28-30,38,41-43H,15-19,21-22H2,1-6H3/b13-12+,24-20+/t25?,28-,29+,30+,33-,34+,35+,36-,37+/m0/s1. The van der Waals surface area contributed by atoms with E-state index in [1.165, 1.54) is 12.2 Å². The van der Waals surface area contributed by atoms with Gasteiger partial charge in [0.1, 0.15) is 29.0 Å². The van der Waals surface area contributed by atoms with Gasteiger partial charge in [-0.05, 0) is 81.8 Å². The first-order valence-electron chi connectivity index (χ1n) is 16.4. The lowest BCUT2D eigenvalue weighted by Gasteiger charge is -2.67. The van der Waals surface area contributed by atoms with Crippen molar-refractivity contribution in [3.63, 3.8) is 0 Å². The average molecular weight is 623 g/mol. The molecule has 1 unspecified atom stereocenters. The molecule has 4 N–H and O–H groups in total. The Balaban J connectivity index is 1.56. The van der Waals surface area contributed by atoms with Crippen LogP contribution in [0.1, 0.15) is 92.1 Å². The maximum Gasteiger partial charge on any atom is 0.331 e. The van der Waals surface area contributed by atoms with Crippen molar-refractivity contribution < 1.29 is 39.5 Å². The summed E-state index contributed by atoms with van der Waals surface area (Å²) >= 11 is 0. The van der Waals surface area contributed by atoms with E-state index in [2.05, 4.69) is 6.92 Å². The van der Waals surface area contributed by atoms with Crippen LogP contribution in [0.5, 0.6) is 0 Å². The zero-order valence-corrected chi connectivity index (χ0v) is 27.5. The van der Waals surface area contributed by atoms with Gasteiger partial charge in [0.05, 0.1) is 11.5 Å². The molecule has 246 valence electrons. The molecule has 5 rings (SSSR count). The normalized spacial score (nSPS) is 40.3. The number of fused-ring (bicyclic) bond motifs is 5. The number of allylic oxidation sites excluding steroid dienone is 1. The number of ether oxygens (including phenoxy) is 2. The summed E-state index contributed by atoms with van der Waals surface area (Å²) in [7, 11) is 0. The molecule has 0 aromatic heterocycles. The van der Waals surface area contributed by atoms with Crippen LogP contribution in [-0.2, 0) is 19.1 Å². The van der Waals surface area contributed by atoms with Crippen LogP contribution in [0.2, 0.25) is 0 Å². The number of carbonyl (C=O) groups is 2. The highest BCUT2D eigenvalue weighted by atomic mass is 16.6. The van der Waals surface area contributed by atoms with Crippen molar-refractivity contribution in [1.29, 1.82) is 0 Å². The van der Waals surface area contributed by atoms with Gasteiger partial charge in [-0.1, -0.05) is 75.2 Å². The van der Waals surface area contributed by atoms with E-state index in [0.717, 1.165) is 16.7 Å². The minimum absolute atomic E-state index is 0.0194. The Kier molecular flexibility index (Phi) is 8.79. The molecule has 3 saturated carbocycles. The highest BCUT2D eigenvalue weighted by molar-refractivity contribution is 5.87. The molecule has 4 aliphatic carbocycles. The van der Waals surface area contributed by atoms with Crippen LogP contribution in [0.25, 0.3) is 6.08 Å². The third kappa shape index (κ3) is 5.22. The molecule has 0 heterocycles. The van der Waals surface area contributed by atoms with Gasteiger partial charge >= 0.3 is 11.9 Å². The lowest BCUT2D eigenvalue weighted by molar-refractivity contribution is -0.326. The highest BCUT2D eigenvalue weighted by Gasteiger charge is 2.81. The van der Waals surface area contributed by atoms with Gasteiger partial charge in [-0.2, -0.15) is 0 Å². The highest BCUT2D eigenvalue weighted by Crippen LogP contribution is 2.71. The SMILES string of the molecule is C/C(=C\C(=O)OC(C)[C@]1(O)CC[C@@]2(O)[C@]1(C)[C@H](OC(=O)/C=C/c1ccccc1)C[C@@H]1[C@@]3(C)CC[C@H](O)CC3=CC[C@]12O)C(C)C. The Morgan fingerprint density at radius 2 is 1.69 bits per heavy atom. The van der Waals surface area contributed by atoms with Gasteiger partial charge in [0.2, 0.25) is 0 Å². The van der Waals surface area contributed by atoms with Crippen LogP contribution in [0, 0.1) is 22.7 Å². The molecule has 1 aromatic rings. The van der Waals surface area contributed by atoms with Gasteiger partial charge in [0.25, 0.3) is 0 Å². The van der Waals surface area contributed by atoms with Crippen LogP contribution in [0.15, 0.2) is 59.7 Å². The van der Waals surface area contributed by atoms with Crippen LogP contribution >= 0.6 is 0 Å². The number of rotatable bonds is 7. The molecule has 8 heteroatoms. The second kappa shape index (κ2) is 11.8. The number of hydrogen-bond donors (Lipinski definition) is 4. The smallest absolute Gasteiger partial charge is 0.331 e. The van der Waals surface area contributed by atoms with Gasteiger partial charge in [0, 0.05) is 18.1 Å². The predicted molar refractivity (Wildman–Crippen MR) is 170 cm³/mol. The lowest BCUT2D eigenvalue weighted by atomic mass is 9.42. The van der Waals surface area contributed by atoms with Crippen molar-refractivity contribution in [3.05, 3.63) is 65.3 Å². The lowest BCUT2D eigenvalue weighted by Crippen LogP contribution is -2.78. The Morgan fingerprint density at radius 3 is 2.36 bits per heavy atom. The number of carbonyl (C=O) groups excluding carboxylic acids is 2. The van der Waals surface area contributed by atoms with Crippen LogP contribution < -0.4 is 0 Å². The number of hydrogen-bond acceptors (Lipinski definition) is 8. The number of aliphatic hydroxyl groups excluding tert-OH is 1. The van der Waals surface area contributed by atoms with Crippen LogP contribution in [0.3, 0.4) is 0 Å². The van der Waals surface area contributed by atoms with Crippen molar-refractivity contribution in [1.82, 2.24) is 0 Å². The Morgan fingerprint density at radius 1 is 1.00 bits per heavy atom. The fourth-order valence-corrected chi connectivity index (χ4v) is 9.06. The van der Waals surface area contributed by atoms with Crippen LogP contribution in [0.4, 0.5) is 0 Å². The van der Waals surface area contributed by atoms with E-state index in [4.69, 9.17) is 9.47 Å². The molecule has 3 fully saturated rings. The summed E-state index contributed by atoms with van der Waals surface area (Å²) in [5.41, 5.74) is -4.85. The van der Waals surface area contributed by atoms with Crippen molar-refractivity contribution >= 4 is 18.0 Å². The van der Waals surface area contributed by atoms with Gasteiger partial charge in [-0.3, -0.25) is 0 Å². The minimum atomic E-state index is -1.89. The molecule has 0 saturated heterocycles. The predicted octanol–water partition coefficient (Wildman–Crippen LogP) is 5.04. The molecule has 8 nitrogen and oxygen atoms in total. The van der Waals surface area contributed by atoms with Gasteiger partial charge in [-0.15, -0.1) is 0 Å². The monoisotopic (exact) mass is 622 g/mol. The summed E-state index contributed by atoms with van der Waals surface area (Å²) in [5, 5.41) is 48.6. The van der Waals surface area contributed by atoms with E-state index in [1.807, 2.05) is 57.2 Å². The summed E-state index contributed by atoms with van der Waals surface area (Å²) in [5.74, 6) is -1.62. The Bertz CT molecular complexity index is 1400. The van der Waals surface area contributed by atoms with E-state index in [9.17, 15) is 30.0 Å². The van der Waals surface area contributed by atoms with E-state index in [0.29, 0.717) is 19.3 Å². The molecule has 4 aliphatic rings. The molecule has 45 heavy (non-hydrogen) atoms. The first kappa shape index (κ1) is 33.6. The van der Waals surface area contributed by atoms with E-state index in [1.54, 1.807) is 19.9 Å². The summed E-state index contributed by atoms with van der Waals surface area (Å²) in [6.45, 7) is 11.1. The molecule has 1 aromatic carbocycles. The quantitative estimate of drug-likeness (QED) is 0.189. The van der Waals surface area contributed by atoms with Crippen molar-refractivity contribution in [3.8, 4) is 0 Å². The van der Waals surface area contributed by atoms with E-state index < -0.39 is 63.8 Å². The largest absolute Gasteiger partial charge is 0.458 e. The molecular weight excluding hydrogens is 572 g/mol. The number of benzene rings is 1. The Labute approximate surface area is 266 Å². The maximum atomic E-state index is 13.4. The third-order valence-corrected chi connectivity index (χ3v) is 12.3. The fourth-order valence-electron chi connectivity index (χ4n) is 9.06. The summed E-state index contributed by atoms with van der Waals surface area (Å²) in [6, 6.07) is 9.33. The van der Waals surface area contributed by atoms with Crippen molar-refractivity contribution in [2.45, 2.75) is 122 Å². The molecule has 0 radical (unpaired) electrons. The Hall–Kier alpha value is -2.78. The molecule has 0 aliphatic heterocycles. The number of aliphatic hydroxyl groups is 4. The zero-order valence-electron chi connectivity index (χ0n) is 27.5. The van der Waals surface area contributed by atoms with E-state index in [-0.39, 0.29) is 31.6 Å². The second-order valence-electron chi connectivity index (χ2n) is 14.7. The van der Waals surface area contributed by atoms with Crippen LogP contribution in [-0.4, -0.2) is 67.5 Å². The van der Waals surface area contributed by atoms with Gasteiger partial charge in [0.15, 0.2) is 0 Å². The van der Waals surface area contributed by atoms with Crippen molar-refractivity contribution in [2.24, 2.45) is 22.7 Å². The summed E-state index contributed by atoms with van der Waals surface area (Å²) in [6.07, 6.45) is 5.78. The molecule has 0 amide bonds. The second-order valence-corrected chi connectivity index (χ2v) is 14.7. The first-order chi connectivity index (χ1) is 21.0. The third-order valence-electron chi connectivity index (χ3n) is 12.3. The van der Waals surface area contributed by atoms with Gasteiger partial charge < -0.3 is 29.9 Å². The molecule has 0 bridgehead atoms. The van der Waals surface area contributed by atoms with Gasteiger partial charge in [-0.25, -0.2) is 9.59 Å². The maximum absolute atomic E-state index is 13.4. The molecular formula is C37H50O8. The van der Waals surface area contributed by atoms with E-state index >= 15 is 0 Å². The molecule has 0 spiro atoms. The summed E-state index contributed by atoms with van der Waals surface area (Å²) in [4.78, 5) is 26.4. The minimum Gasteiger partial charge on any atom is -0.458 e. The topological polar surface area (TPSA) is 134 Å². The fraction of sp³-hybridized carbons (Fsp3) is 0.622. The zero-order chi connectivity index (χ0) is 33.0. The number of esters is 2. The first-order valence-corrected chi connectivity index (χ1v) is 16.4.